The van der Waals surface area contributed by atoms with Crippen molar-refractivity contribution in [3.05, 3.63) is 18.3 Å². The van der Waals surface area contributed by atoms with Gasteiger partial charge in [-0.2, -0.15) is 0 Å². The lowest BCUT2D eigenvalue weighted by Crippen LogP contribution is -2.30. The maximum atomic E-state index is 5.81. The quantitative estimate of drug-likeness (QED) is 0.780. The van der Waals surface area contributed by atoms with Gasteiger partial charge in [-0.25, -0.2) is 4.98 Å². The van der Waals surface area contributed by atoms with Gasteiger partial charge in [0.1, 0.15) is 5.82 Å². The van der Waals surface area contributed by atoms with Gasteiger partial charge in [-0.05, 0) is 30.9 Å². The molecule has 0 saturated heterocycles. The number of aromatic nitrogens is 1. The van der Waals surface area contributed by atoms with Crippen LogP contribution in [0.4, 0.5) is 11.5 Å². The van der Waals surface area contributed by atoms with Crippen molar-refractivity contribution in [2.45, 2.75) is 38.6 Å². The molecule has 1 fully saturated rings. The smallest absolute Gasteiger partial charge is 0.146 e. The van der Waals surface area contributed by atoms with E-state index in [1.54, 1.807) is 6.20 Å². The molecule has 1 aliphatic carbocycles. The Morgan fingerprint density at radius 3 is 2.93 bits per heavy atom. The number of hydrogen-bond donors (Lipinski definition) is 2. The van der Waals surface area contributed by atoms with E-state index in [-0.39, 0.29) is 0 Å². The average molecular weight is 205 g/mol. The van der Waals surface area contributed by atoms with Gasteiger partial charge in [-0.3, -0.25) is 0 Å². The molecule has 1 saturated carbocycles. The number of rotatable bonds is 2. The molecule has 82 valence electrons. The fourth-order valence-electron chi connectivity index (χ4n) is 2.27. The minimum absolute atomic E-state index is 0.560. The van der Waals surface area contributed by atoms with E-state index < -0.39 is 0 Å². The Hall–Kier alpha value is -1.25. The lowest BCUT2D eigenvalue weighted by Gasteiger charge is -2.30. The molecule has 0 bridgehead atoms. The van der Waals surface area contributed by atoms with E-state index >= 15 is 0 Å². The van der Waals surface area contributed by atoms with Crippen LogP contribution in [-0.2, 0) is 0 Å². The second-order valence-electron chi connectivity index (χ2n) is 4.45. The first-order valence-electron chi connectivity index (χ1n) is 5.74. The third-order valence-electron chi connectivity index (χ3n) is 3.29. The fraction of sp³-hybridized carbons (Fsp3) is 0.583. The topological polar surface area (TPSA) is 50.9 Å². The van der Waals surface area contributed by atoms with Crippen LogP contribution in [0.25, 0.3) is 0 Å². The summed E-state index contributed by atoms with van der Waals surface area (Å²) in [5.74, 6) is 1.34. The van der Waals surface area contributed by atoms with Crippen LogP contribution in [0.5, 0.6) is 0 Å². The SMILES string of the molecule is CC1CCCCC1Nc1cccnc1N. The van der Waals surface area contributed by atoms with Crippen molar-refractivity contribution >= 4 is 11.5 Å². The predicted molar refractivity (Wildman–Crippen MR) is 63.7 cm³/mol. The summed E-state index contributed by atoms with van der Waals surface area (Å²) in [4.78, 5) is 4.08. The molecule has 15 heavy (non-hydrogen) atoms. The second kappa shape index (κ2) is 4.51. The summed E-state index contributed by atoms with van der Waals surface area (Å²) in [6.07, 6.45) is 6.97. The van der Waals surface area contributed by atoms with Crippen molar-refractivity contribution in [2.75, 3.05) is 11.1 Å². The summed E-state index contributed by atoms with van der Waals surface area (Å²) in [6.45, 7) is 2.31. The van der Waals surface area contributed by atoms with E-state index in [1.807, 2.05) is 12.1 Å². The van der Waals surface area contributed by atoms with Crippen LogP contribution in [0, 0.1) is 5.92 Å². The molecule has 2 atom stereocenters. The number of pyridine rings is 1. The molecule has 0 radical (unpaired) electrons. The highest BCUT2D eigenvalue weighted by molar-refractivity contribution is 5.61. The molecule has 3 nitrogen and oxygen atoms in total. The third-order valence-corrected chi connectivity index (χ3v) is 3.29. The molecule has 3 N–H and O–H groups in total. The molecule has 0 aliphatic heterocycles. The Morgan fingerprint density at radius 2 is 2.20 bits per heavy atom. The number of anilines is 2. The van der Waals surface area contributed by atoms with Gasteiger partial charge in [0, 0.05) is 12.2 Å². The first kappa shape index (κ1) is 10.3. The van der Waals surface area contributed by atoms with Crippen LogP contribution >= 0.6 is 0 Å². The van der Waals surface area contributed by atoms with E-state index in [4.69, 9.17) is 5.73 Å². The Balaban J connectivity index is 2.04. The van der Waals surface area contributed by atoms with Crippen molar-refractivity contribution in [2.24, 2.45) is 5.92 Å². The number of nitrogens with zero attached hydrogens (tertiary/aromatic N) is 1. The van der Waals surface area contributed by atoms with Gasteiger partial charge in [0.2, 0.25) is 0 Å². The molecule has 1 aromatic rings. The molecule has 0 aromatic carbocycles. The highest BCUT2D eigenvalue weighted by Gasteiger charge is 2.21. The fourth-order valence-corrected chi connectivity index (χ4v) is 2.27. The molecule has 3 heteroatoms. The molecular formula is C12H19N3. The van der Waals surface area contributed by atoms with Gasteiger partial charge in [-0.15, -0.1) is 0 Å². The van der Waals surface area contributed by atoms with Gasteiger partial charge in [0.15, 0.2) is 0 Å². The van der Waals surface area contributed by atoms with Crippen LogP contribution in [0.1, 0.15) is 32.6 Å². The van der Waals surface area contributed by atoms with E-state index in [2.05, 4.69) is 17.2 Å². The molecule has 2 rings (SSSR count). The van der Waals surface area contributed by atoms with E-state index in [0.717, 1.165) is 11.6 Å². The third kappa shape index (κ3) is 2.41. The van der Waals surface area contributed by atoms with Gasteiger partial charge in [0.05, 0.1) is 5.69 Å². The minimum Gasteiger partial charge on any atom is -0.382 e. The summed E-state index contributed by atoms with van der Waals surface area (Å²) >= 11 is 0. The number of nitrogens with two attached hydrogens (primary N) is 1. The van der Waals surface area contributed by atoms with Crippen LogP contribution in [0.2, 0.25) is 0 Å². The molecule has 0 spiro atoms. The summed E-state index contributed by atoms with van der Waals surface area (Å²) in [6, 6.07) is 4.49. The summed E-state index contributed by atoms with van der Waals surface area (Å²) in [5.41, 5.74) is 6.79. The van der Waals surface area contributed by atoms with Gasteiger partial charge in [-0.1, -0.05) is 19.8 Å². The van der Waals surface area contributed by atoms with Gasteiger partial charge >= 0.3 is 0 Å². The van der Waals surface area contributed by atoms with E-state index in [0.29, 0.717) is 11.9 Å². The summed E-state index contributed by atoms with van der Waals surface area (Å²) in [5, 5.41) is 3.51. The molecule has 2 unspecified atom stereocenters. The average Bonchev–Trinajstić information content (AvgIpc) is 2.24. The van der Waals surface area contributed by atoms with E-state index in [1.165, 1.54) is 25.7 Å². The summed E-state index contributed by atoms with van der Waals surface area (Å²) < 4.78 is 0. The van der Waals surface area contributed by atoms with Gasteiger partial charge in [0.25, 0.3) is 0 Å². The normalized spacial score (nSPS) is 26.2. The Morgan fingerprint density at radius 1 is 1.40 bits per heavy atom. The lowest BCUT2D eigenvalue weighted by atomic mass is 9.86. The van der Waals surface area contributed by atoms with Crippen molar-refractivity contribution in [1.82, 2.24) is 4.98 Å². The van der Waals surface area contributed by atoms with Crippen molar-refractivity contribution < 1.29 is 0 Å². The number of hydrogen-bond acceptors (Lipinski definition) is 3. The first-order chi connectivity index (χ1) is 7.27. The summed E-state index contributed by atoms with van der Waals surface area (Å²) in [7, 11) is 0. The maximum Gasteiger partial charge on any atom is 0.146 e. The van der Waals surface area contributed by atoms with Crippen LogP contribution in [0.15, 0.2) is 18.3 Å². The zero-order valence-electron chi connectivity index (χ0n) is 9.24. The monoisotopic (exact) mass is 205 g/mol. The Kier molecular flexibility index (Phi) is 3.09. The van der Waals surface area contributed by atoms with Crippen LogP contribution in [-0.4, -0.2) is 11.0 Å². The van der Waals surface area contributed by atoms with Gasteiger partial charge < -0.3 is 11.1 Å². The standard InChI is InChI=1S/C12H19N3/c1-9-5-2-3-6-10(9)15-11-7-4-8-14-12(11)13/h4,7-10,15H,2-3,5-6H2,1H3,(H2,13,14). The van der Waals surface area contributed by atoms with Crippen molar-refractivity contribution in [3.63, 3.8) is 0 Å². The van der Waals surface area contributed by atoms with Crippen LogP contribution < -0.4 is 11.1 Å². The van der Waals surface area contributed by atoms with Crippen molar-refractivity contribution in [3.8, 4) is 0 Å². The minimum atomic E-state index is 0.560. The van der Waals surface area contributed by atoms with Crippen molar-refractivity contribution in [1.29, 1.82) is 0 Å². The van der Waals surface area contributed by atoms with Crippen LogP contribution in [0.3, 0.4) is 0 Å². The second-order valence-corrected chi connectivity index (χ2v) is 4.45. The largest absolute Gasteiger partial charge is 0.382 e. The van der Waals surface area contributed by atoms with E-state index in [9.17, 15) is 0 Å². The zero-order valence-corrected chi connectivity index (χ0v) is 9.24. The lowest BCUT2D eigenvalue weighted by molar-refractivity contribution is 0.349. The Labute approximate surface area is 91.1 Å². The first-order valence-corrected chi connectivity index (χ1v) is 5.74. The zero-order chi connectivity index (χ0) is 10.7. The predicted octanol–water partition coefficient (Wildman–Crippen LogP) is 2.65. The Bertz CT molecular complexity index is 324. The number of nitrogen functional groups attached to an aromatic ring is 1. The number of nitrogens with one attached hydrogen (secondary N) is 1. The molecule has 1 aromatic heterocycles. The molecular weight excluding hydrogens is 186 g/mol. The molecule has 1 aliphatic rings. The molecule has 0 amide bonds. The highest BCUT2D eigenvalue weighted by atomic mass is 15.0. The highest BCUT2D eigenvalue weighted by Crippen LogP contribution is 2.27. The maximum absolute atomic E-state index is 5.81. The molecule has 1 heterocycles.